The normalized spacial score (nSPS) is 18.6. The average Bonchev–Trinajstić information content (AvgIpc) is 4.43. The molecule has 0 saturated heterocycles. The molecular weight excluding hydrogens is 927 g/mol. The maximum atomic E-state index is 7.17. The van der Waals surface area contributed by atoms with Crippen molar-refractivity contribution < 1.29 is 13.6 Å². The predicted molar refractivity (Wildman–Crippen MR) is 314 cm³/mol. The van der Waals surface area contributed by atoms with Crippen molar-refractivity contribution in [2.24, 2.45) is 0 Å². The highest BCUT2D eigenvalue weighted by Gasteiger charge is 2.50. The highest BCUT2D eigenvalue weighted by atomic mass is 16.5. The van der Waals surface area contributed by atoms with Crippen molar-refractivity contribution in [3.63, 3.8) is 0 Å². The minimum atomic E-state index is -0.364. The Hall–Kier alpha value is -7.82. The van der Waals surface area contributed by atoms with Crippen molar-refractivity contribution >= 4 is 60.9 Å². The summed E-state index contributed by atoms with van der Waals surface area (Å²) in [7, 11) is 0. The number of nitrogens with zero attached hydrogens (tertiary/aromatic N) is 1. The van der Waals surface area contributed by atoms with Crippen LogP contribution >= 0.6 is 0 Å². The molecule has 2 unspecified atom stereocenters. The lowest BCUT2D eigenvalue weighted by molar-refractivity contribution is 0.226. The maximum Gasteiger partial charge on any atom is 0.144 e. The van der Waals surface area contributed by atoms with Crippen LogP contribution in [0.3, 0.4) is 0 Å². The number of hydrogen-bond acceptors (Lipinski definition) is 4. The summed E-state index contributed by atoms with van der Waals surface area (Å²) in [6, 6.07) is 59.0. The summed E-state index contributed by atoms with van der Waals surface area (Å²) in [4.78, 5) is 2.48. The second-order valence-corrected chi connectivity index (χ2v) is 25.4. The third-order valence-electron chi connectivity index (χ3n) is 19.1. The van der Waals surface area contributed by atoms with E-state index in [0.717, 1.165) is 68.8 Å². The standard InChI is InChI=1S/C72H61NO3/c1-69(2,3)51-24-14-10-19-42(51)50-38-55-60(62-49-23-18-28-58(49)75-67(50)62)46-33-30-39(35-53(46)70(55,4)5)73(41-29-32-44-43-20-12-16-26-56(43)74-59(44)37-41)40-31-34-47-54(36-40)72(8,9)66-64(47)68-63(48-22-13-17-27-57(48)76-68)61-45-21-11-15-25-52(45)71(6,7)65(61)66/h10-17,19-22,24-27,29-38,49,58H,18,23,28H2,1-9H3. The van der Waals surface area contributed by atoms with Crippen LogP contribution in [0.2, 0.25) is 0 Å². The molecule has 1 saturated carbocycles. The van der Waals surface area contributed by atoms with Gasteiger partial charge in [-0.15, -0.1) is 0 Å². The van der Waals surface area contributed by atoms with Gasteiger partial charge in [0.15, 0.2) is 0 Å². The maximum absolute atomic E-state index is 7.17. The summed E-state index contributed by atoms with van der Waals surface area (Å²) >= 11 is 0. The van der Waals surface area contributed by atoms with Gasteiger partial charge < -0.3 is 18.5 Å². The number of rotatable bonds is 4. The highest BCUT2D eigenvalue weighted by Crippen LogP contribution is 2.65. The third-order valence-corrected chi connectivity index (χ3v) is 19.1. The van der Waals surface area contributed by atoms with Crippen LogP contribution in [0, 0.1) is 0 Å². The minimum Gasteiger partial charge on any atom is -0.489 e. The zero-order valence-electron chi connectivity index (χ0n) is 45.0. The summed E-state index contributed by atoms with van der Waals surface area (Å²) < 4.78 is 20.9. The Morgan fingerprint density at radius 2 is 1.04 bits per heavy atom. The topological polar surface area (TPSA) is 38.8 Å². The van der Waals surface area contributed by atoms with Crippen molar-refractivity contribution in [1.29, 1.82) is 0 Å². The smallest absolute Gasteiger partial charge is 0.144 e. The van der Waals surface area contributed by atoms with E-state index in [9.17, 15) is 0 Å². The Labute approximate surface area is 445 Å². The van der Waals surface area contributed by atoms with E-state index in [-0.39, 0.29) is 27.8 Å². The molecule has 11 aromatic rings. The molecule has 372 valence electrons. The van der Waals surface area contributed by atoms with Crippen molar-refractivity contribution in [1.82, 2.24) is 0 Å². The second kappa shape index (κ2) is 14.8. The fourth-order valence-corrected chi connectivity index (χ4v) is 15.6. The van der Waals surface area contributed by atoms with Crippen LogP contribution in [-0.4, -0.2) is 6.10 Å². The zero-order valence-corrected chi connectivity index (χ0v) is 45.0. The molecule has 2 atom stereocenters. The van der Waals surface area contributed by atoms with Crippen molar-refractivity contribution in [2.45, 2.75) is 115 Å². The Morgan fingerprint density at radius 3 is 1.80 bits per heavy atom. The molecule has 3 heterocycles. The summed E-state index contributed by atoms with van der Waals surface area (Å²) in [5, 5.41) is 4.65. The van der Waals surface area contributed by atoms with E-state index in [1.807, 2.05) is 0 Å². The van der Waals surface area contributed by atoms with E-state index < -0.39 is 0 Å². The average molecular weight is 988 g/mol. The quantitative estimate of drug-likeness (QED) is 0.176. The molecule has 9 aromatic carbocycles. The molecule has 1 aliphatic heterocycles. The molecule has 0 spiro atoms. The van der Waals surface area contributed by atoms with Crippen molar-refractivity contribution in [2.75, 3.05) is 4.90 Å². The first-order valence-electron chi connectivity index (χ1n) is 27.7. The molecular formula is C72H61NO3. The fourth-order valence-electron chi connectivity index (χ4n) is 15.6. The first kappa shape index (κ1) is 44.5. The highest BCUT2D eigenvalue weighted by molar-refractivity contribution is 6.21. The second-order valence-electron chi connectivity index (χ2n) is 25.4. The number of ether oxygens (including phenoxy) is 1. The van der Waals surface area contributed by atoms with Crippen molar-refractivity contribution in [3.8, 4) is 50.3 Å². The van der Waals surface area contributed by atoms with Crippen LogP contribution in [0.5, 0.6) is 5.75 Å². The van der Waals surface area contributed by atoms with Gasteiger partial charge in [0.25, 0.3) is 0 Å². The summed E-state index contributed by atoms with van der Waals surface area (Å²) in [6.45, 7) is 21.7. The molecule has 0 amide bonds. The fraction of sp³-hybridized carbons (Fsp3) is 0.250. The third kappa shape index (κ3) is 5.64. The SMILES string of the molecule is CC(C)(C)c1ccccc1-c1cc2c(c3c1OC1CCCC31)-c1ccc(N(c3ccc4c(c3)C(C)(C)c3c5c(c6c(oc7ccccc76)c3-4)-c3ccccc3C5(C)C)c3ccc4c(c3)oc3ccccc34)cc1C2(C)C. The largest absolute Gasteiger partial charge is 0.489 e. The Bertz CT molecular complexity index is 4390. The predicted octanol–water partition coefficient (Wildman–Crippen LogP) is 19.9. The Morgan fingerprint density at radius 1 is 0.461 bits per heavy atom. The van der Waals surface area contributed by atoms with Crippen molar-refractivity contribution in [3.05, 3.63) is 202 Å². The van der Waals surface area contributed by atoms with Crippen LogP contribution in [0.4, 0.5) is 17.1 Å². The van der Waals surface area contributed by atoms with Gasteiger partial charge in [0.05, 0.1) is 0 Å². The number of anilines is 3. The van der Waals surface area contributed by atoms with E-state index >= 15 is 0 Å². The van der Waals surface area contributed by atoms with Crippen LogP contribution in [-0.2, 0) is 21.7 Å². The molecule has 5 aliphatic rings. The van der Waals surface area contributed by atoms with E-state index in [0.29, 0.717) is 5.92 Å². The minimum absolute atomic E-state index is 0.0309. The Kier molecular flexibility index (Phi) is 8.64. The van der Waals surface area contributed by atoms with Gasteiger partial charge >= 0.3 is 0 Å². The van der Waals surface area contributed by atoms with Gasteiger partial charge in [-0.05, 0) is 152 Å². The zero-order chi connectivity index (χ0) is 51.5. The van der Waals surface area contributed by atoms with E-state index in [1.54, 1.807) is 0 Å². The van der Waals surface area contributed by atoms with Crippen LogP contribution in [0.1, 0.15) is 132 Å². The lowest BCUT2D eigenvalue weighted by Gasteiger charge is -2.32. The van der Waals surface area contributed by atoms with Gasteiger partial charge in [0, 0.05) is 83.5 Å². The lowest BCUT2D eigenvalue weighted by Crippen LogP contribution is -2.24. The van der Waals surface area contributed by atoms with Crippen LogP contribution in [0.15, 0.2) is 167 Å². The molecule has 4 aliphatic carbocycles. The van der Waals surface area contributed by atoms with E-state index in [1.165, 1.54) is 106 Å². The van der Waals surface area contributed by atoms with Crippen LogP contribution in [0.25, 0.3) is 88.4 Å². The molecule has 0 N–H and O–H groups in total. The van der Waals surface area contributed by atoms with Gasteiger partial charge in [0.2, 0.25) is 0 Å². The molecule has 2 aromatic heterocycles. The van der Waals surface area contributed by atoms with Gasteiger partial charge in [-0.2, -0.15) is 0 Å². The van der Waals surface area contributed by atoms with E-state index in [2.05, 4.69) is 225 Å². The number of hydrogen-bond donors (Lipinski definition) is 0. The molecule has 76 heavy (non-hydrogen) atoms. The molecule has 0 radical (unpaired) electrons. The monoisotopic (exact) mass is 987 g/mol. The molecule has 4 heteroatoms. The van der Waals surface area contributed by atoms with E-state index in [4.69, 9.17) is 13.6 Å². The molecule has 0 bridgehead atoms. The first-order valence-corrected chi connectivity index (χ1v) is 27.7. The van der Waals surface area contributed by atoms with Gasteiger partial charge in [0.1, 0.15) is 34.2 Å². The number of fused-ring (bicyclic) bond motifs is 22. The number of para-hydroxylation sites is 2. The van der Waals surface area contributed by atoms with Gasteiger partial charge in [-0.25, -0.2) is 0 Å². The molecule has 1 fully saturated rings. The summed E-state index contributed by atoms with van der Waals surface area (Å²) in [5.41, 5.74) is 27.4. The number of furan rings is 2. The molecule has 4 nitrogen and oxygen atoms in total. The Balaban J connectivity index is 0.915. The first-order chi connectivity index (χ1) is 36.6. The van der Waals surface area contributed by atoms with Gasteiger partial charge in [-0.1, -0.05) is 159 Å². The van der Waals surface area contributed by atoms with Gasteiger partial charge in [-0.3, -0.25) is 0 Å². The van der Waals surface area contributed by atoms with Crippen LogP contribution < -0.4 is 9.64 Å². The number of benzene rings is 9. The molecule has 16 rings (SSSR count). The lowest BCUT2D eigenvalue weighted by atomic mass is 9.72. The summed E-state index contributed by atoms with van der Waals surface area (Å²) in [6.07, 6.45) is 3.69. The summed E-state index contributed by atoms with van der Waals surface area (Å²) in [5.74, 6) is 1.50.